The van der Waals surface area contributed by atoms with Gasteiger partial charge in [-0.2, -0.15) is 10.5 Å². The molecule has 8 aromatic carbocycles. The second-order valence-electron chi connectivity index (χ2n) is 12.3. The number of benzene rings is 8. The third-order valence-electron chi connectivity index (χ3n) is 9.66. The fourth-order valence-electron chi connectivity index (χ4n) is 7.61. The Morgan fingerprint density at radius 1 is 0.347 bits per heavy atom. The Balaban J connectivity index is 1.23. The summed E-state index contributed by atoms with van der Waals surface area (Å²) in [6, 6.07) is 61.2. The first-order chi connectivity index (χ1) is 24.2. The molecule has 0 unspecified atom stereocenters. The largest absolute Gasteiger partial charge is 0.309 e. The minimum absolute atomic E-state index is 0.471. The van der Waals surface area contributed by atoms with E-state index >= 15 is 0 Å². The van der Waals surface area contributed by atoms with Crippen molar-refractivity contribution in [1.29, 1.82) is 10.5 Å². The molecule has 0 saturated carbocycles. The Morgan fingerprint density at radius 2 is 0.735 bits per heavy atom. The number of para-hydroxylation sites is 2. The Kier molecular flexibility index (Phi) is 6.58. The summed E-state index contributed by atoms with van der Waals surface area (Å²) in [5.41, 5.74) is 9.91. The van der Waals surface area contributed by atoms with E-state index in [0.29, 0.717) is 16.7 Å². The number of aromatic nitrogens is 1. The van der Waals surface area contributed by atoms with E-state index in [0.717, 1.165) is 60.5 Å². The average molecular weight is 622 g/mol. The van der Waals surface area contributed by atoms with Gasteiger partial charge in [0.2, 0.25) is 0 Å². The molecule has 9 rings (SSSR count). The predicted molar refractivity (Wildman–Crippen MR) is 202 cm³/mol. The molecule has 0 aliphatic rings. The maximum Gasteiger partial charge on any atom is 0.0998 e. The molecule has 3 nitrogen and oxygen atoms in total. The number of nitriles is 2. The quantitative estimate of drug-likeness (QED) is 0.184. The summed E-state index contributed by atoms with van der Waals surface area (Å²) in [7, 11) is 0. The van der Waals surface area contributed by atoms with E-state index in [1.54, 1.807) is 0 Å². The van der Waals surface area contributed by atoms with Crippen LogP contribution in [-0.2, 0) is 0 Å². The highest BCUT2D eigenvalue weighted by atomic mass is 15.0. The van der Waals surface area contributed by atoms with Crippen molar-refractivity contribution in [3.05, 3.63) is 175 Å². The lowest BCUT2D eigenvalue weighted by Gasteiger charge is -2.19. The van der Waals surface area contributed by atoms with Gasteiger partial charge in [0.1, 0.15) is 0 Å². The van der Waals surface area contributed by atoms with Crippen molar-refractivity contribution in [2.45, 2.75) is 0 Å². The topological polar surface area (TPSA) is 52.5 Å². The maximum atomic E-state index is 10.6. The summed E-state index contributed by atoms with van der Waals surface area (Å²) >= 11 is 0. The van der Waals surface area contributed by atoms with Gasteiger partial charge in [-0.15, -0.1) is 0 Å². The standard InChI is InChI=1S/C46H27N3/c47-28-33-26-32(46-40-18-6-4-16-38(40)45(30-12-2-1-3-13-30)39-17-5-7-19-41(39)46)27-34(29-48)44(33)31-22-24-35(25-23-31)49-42-20-10-8-14-36(42)37-15-9-11-21-43(37)49/h1-27H. The number of fused-ring (bicyclic) bond motifs is 5. The number of rotatable bonds is 4. The first kappa shape index (κ1) is 28.3. The van der Waals surface area contributed by atoms with E-state index in [9.17, 15) is 10.5 Å². The molecule has 0 amide bonds. The van der Waals surface area contributed by atoms with Gasteiger partial charge in [-0.1, -0.05) is 127 Å². The van der Waals surface area contributed by atoms with Gasteiger partial charge in [0.25, 0.3) is 0 Å². The molecule has 0 atom stereocenters. The van der Waals surface area contributed by atoms with Crippen molar-refractivity contribution in [1.82, 2.24) is 4.57 Å². The summed E-state index contributed by atoms with van der Waals surface area (Å²) in [4.78, 5) is 0. The van der Waals surface area contributed by atoms with E-state index in [-0.39, 0.29) is 0 Å². The van der Waals surface area contributed by atoms with Gasteiger partial charge in [-0.25, -0.2) is 0 Å². The Morgan fingerprint density at radius 3 is 1.20 bits per heavy atom. The van der Waals surface area contributed by atoms with E-state index in [4.69, 9.17) is 0 Å². The van der Waals surface area contributed by atoms with Gasteiger partial charge < -0.3 is 4.57 Å². The smallest absolute Gasteiger partial charge is 0.0998 e. The molecule has 0 aliphatic heterocycles. The highest BCUT2D eigenvalue weighted by Gasteiger charge is 2.20. The van der Waals surface area contributed by atoms with Crippen LogP contribution in [0.3, 0.4) is 0 Å². The lowest BCUT2D eigenvalue weighted by atomic mass is 9.84. The van der Waals surface area contributed by atoms with Gasteiger partial charge >= 0.3 is 0 Å². The van der Waals surface area contributed by atoms with Crippen molar-refractivity contribution in [2.75, 3.05) is 0 Å². The minimum Gasteiger partial charge on any atom is -0.309 e. The van der Waals surface area contributed by atoms with Crippen LogP contribution in [0.1, 0.15) is 11.1 Å². The minimum atomic E-state index is 0.471. The van der Waals surface area contributed by atoms with Crippen molar-refractivity contribution in [3.8, 4) is 51.2 Å². The van der Waals surface area contributed by atoms with Crippen LogP contribution in [0.15, 0.2) is 164 Å². The van der Waals surface area contributed by atoms with Gasteiger partial charge in [-0.3, -0.25) is 0 Å². The SMILES string of the molecule is N#Cc1cc(-c2c3ccccc3c(-c3ccccc3)c3ccccc23)cc(C#N)c1-c1ccc(-n2c3ccccc3c3ccccc32)cc1. The number of hydrogen-bond donors (Lipinski definition) is 0. The molecule has 3 heteroatoms. The molecule has 0 bridgehead atoms. The molecule has 1 aromatic heterocycles. The molecule has 1 heterocycles. The van der Waals surface area contributed by atoms with Gasteiger partial charge in [0.05, 0.1) is 34.3 Å². The highest BCUT2D eigenvalue weighted by Crippen LogP contribution is 2.45. The fraction of sp³-hybridized carbons (Fsp3) is 0. The van der Waals surface area contributed by atoms with Crippen LogP contribution in [0, 0.1) is 22.7 Å². The average Bonchev–Trinajstić information content (AvgIpc) is 3.51. The van der Waals surface area contributed by atoms with Crippen LogP contribution in [0.4, 0.5) is 0 Å². The third kappa shape index (κ3) is 4.42. The highest BCUT2D eigenvalue weighted by molar-refractivity contribution is 6.21. The normalized spacial score (nSPS) is 11.2. The summed E-state index contributed by atoms with van der Waals surface area (Å²) in [6.07, 6.45) is 0. The molecule has 0 fully saturated rings. The molecule has 9 aromatic rings. The van der Waals surface area contributed by atoms with E-state index in [1.807, 2.05) is 30.3 Å². The molecular weight excluding hydrogens is 595 g/mol. The molecule has 0 aliphatic carbocycles. The van der Waals surface area contributed by atoms with E-state index in [2.05, 4.69) is 150 Å². The van der Waals surface area contributed by atoms with Gasteiger partial charge in [-0.05, 0) is 85.8 Å². The Bertz CT molecular complexity index is 2680. The Hall–Kier alpha value is -6.94. The van der Waals surface area contributed by atoms with Gasteiger partial charge in [0.15, 0.2) is 0 Å². The molecule has 0 N–H and O–H groups in total. The van der Waals surface area contributed by atoms with Crippen molar-refractivity contribution in [3.63, 3.8) is 0 Å². The lowest BCUT2D eigenvalue weighted by molar-refractivity contribution is 1.18. The van der Waals surface area contributed by atoms with Crippen molar-refractivity contribution in [2.24, 2.45) is 0 Å². The molecule has 0 spiro atoms. The van der Waals surface area contributed by atoms with Crippen LogP contribution in [0.25, 0.3) is 82.4 Å². The van der Waals surface area contributed by atoms with Crippen LogP contribution in [0.2, 0.25) is 0 Å². The summed E-state index contributed by atoms with van der Waals surface area (Å²) in [6.45, 7) is 0. The zero-order valence-corrected chi connectivity index (χ0v) is 26.4. The zero-order valence-electron chi connectivity index (χ0n) is 26.4. The van der Waals surface area contributed by atoms with Gasteiger partial charge in [0, 0.05) is 22.0 Å². The van der Waals surface area contributed by atoms with Crippen LogP contribution in [-0.4, -0.2) is 4.57 Å². The first-order valence-electron chi connectivity index (χ1n) is 16.3. The second kappa shape index (κ2) is 11.4. The van der Waals surface area contributed by atoms with Crippen molar-refractivity contribution < 1.29 is 0 Å². The Labute approximate surface area is 283 Å². The molecular formula is C46H27N3. The second-order valence-corrected chi connectivity index (χ2v) is 12.3. The number of hydrogen-bond acceptors (Lipinski definition) is 2. The molecule has 0 saturated heterocycles. The maximum absolute atomic E-state index is 10.6. The molecule has 0 radical (unpaired) electrons. The monoisotopic (exact) mass is 621 g/mol. The molecule has 49 heavy (non-hydrogen) atoms. The lowest BCUT2D eigenvalue weighted by Crippen LogP contribution is -1.96. The van der Waals surface area contributed by atoms with Crippen LogP contribution < -0.4 is 0 Å². The van der Waals surface area contributed by atoms with E-state index in [1.165, 1.54) is 16.3 Å². The van der Waals surface area contributed by atoms with E-state index < -0.39 is 0 Å². The van der Waals surface area contributed by atoms with Crippen LogP contribution >= 0.6 is 0 Å². The molecule has 226 valence electrons. The first-order valence-corrected chi connectivity index (χ1v) is 16.3. The fourth-order valence-corrected chi connectivity index (χ4v) is 7.61. The van der Waals surface area contributed by atoms with Crippen LogP contribution in [0.5, 0.6) is 0 Å². The summed E-state index contributed by atoms with van der Waals surface area (Å²) in [5.74, 6) is 0. The number of nitrogens with zero attached hydrogens (tertiary/aromatic N) is 3. The zero-order chi connectivity index (χ0) is 32.9. The summed E-state index contributed by atoms with van der Waals surface area (Å²) < 4.78 is 2.27. The summed E-state index contributed by atoms with van der Waals surface area (Å²) in [5, 5.41) is 28.0. The third-order valence-corrected chi connectivity index (χ3v) is 9.66. The van der Waals surface area contributed by atoms with Crippen molar-refractivity contribution >= 4 is 43.4 Å². The predicted octanol–water partition coefficient (Wildman–Crippen LogP) is 11.8.